The van der Waals surface area contributed by atoms with Crippen molar-refractivity contribution in [3.8, 4) is 0 Å². The van der Waals surface area contributed by atoms with Crippen LogP contribution in [0.5, 0.6) is 0 Å². The molecule has 2 unspecified atom stereocenters. The molecule has 1 heteroatoms. The summed E-state index contributed by atoms with van der Waals surface area (Å²) in [7, 11) is 0. The maximum Gasteiger partial charge on any atom is 0.0586 e. The van der Waals surface area contributed by atoms with Gasteiger partial charge in [0.25, 0.3) is 0 Å². The highest BCUT2D eigenvalue weighted by Gasteiger charge is 2.52. The summed E-state index contributed by atoms with van der Waals surface area (Å²) in [6.07, 6.45) is 9.60. The second-order valence-corrected chi connectivity index (χ2v) is 7.57. The Morgan fingerprint density at radius 2 is 1.67 bits per heavy atom. The van der Waals surface area contributed by atoms with Crippen molar-refractivity contribution in [2.24, 2.45) is 16.7 Å². The number of rotatable bonds is 1. The van der Waals surface area contributed by atoms with Crippen LogP contribution < -0.4 is 0 Å². The lowest BCUT2D eigenvalue weighted by molar-refractivity contribution is -0.197. The van der Waals surface area contributed by atoms with Gasteiger partial charge in [-0.05, 0) is 55.3 Å². The molecule has 2 heterocycles. The van der Waals surface area contributed by atoms with Crippen molar-refractivity contribution in [1.82, 2.24) is 0 Å². The minimum atomic E-state index is 0.492. The van der Waals surface area contributed by atoms with Crippen molar-refractivity contribution in [3.05, 3.63) is 0 Å². The standard InChI is InChI=1S/C14H24O/c1-13(2,3)9-14-6-10-4-11(7-14)15-12(5-10)8-14/h10-12H,4-9H2,1-3H3. The normalized spacial score (nSPS) is 48.6. The van der Waals surface area contributed by atoms with Gasteiger partial charge in [0.05, 0.1) is 12.2 Å². The molecule has 0 spiro atoms. The fraction of sp³-hybridized carbons (Fsp3) is 1.00. The van der Waals surface area contributed by atoms with Crippen LogP contribution in [0.3, 0.4) is 0 Å². The lowest BCUT2D eigenvalue weighted by Gasteiger charge is -2.58. The van der Waals surface area contributed by atoms with E-state index >= 15 is 0 Å². The first-order valence-corrected chi connectivity index (χ1v) is 6.60. The Kier molecular flexibility index (Phi) is 2.03. The minimum absolute atomic E-state index is 0.492. The predicted molar refractivity (Wildman–Crippen MR) is 61.7 cm³/mol. The Hall–Kier alpha value is -0.0400. The summed E-state index contributed by atoms with van der Waals surface area (Å²) in [6.45, 7) is 7.19. The van der Waals surface area contributed by atoms with Gasteiger partial charge >= 0.3 is 0 Å². The smallest absolute Gasteiger partial charge is 0.0586 e. The van der Waals surface area contributed by atoms with Gasteiger partial charge in [-0.1, -0.05) is 20.8 Å². The minimum Gasteiger partial charge on any atom is -0.375 e. The van der Waals surface area contributed by atoms with E-state index in [1.54, 1.807) is 0 Å². The van der Waals surface area contributed by atoms with Crippen LogP contribution in [0.4, 0.5) is 0 Å². The van der Waals surface area contributed by atoms with Gasteiger partial charge in [-0.15, -0.1) is 0 Å². The van der Waals surface area contributed by atoms with Crippen LogP contribution in [-0.2, 0) is 4.74 Å². The maximum atomic E-state index is 6.06. The summed E-state index contributed by atoms with van der Waals surface area (Å²) in [5, 5.41) is 0. The molecule has 2 saturated heterocycles. The topological polar surface area (TPSA) is 9.23 Å². The van der Waals surface area contributed by atoms with Gasteiger partial charge in [-0.3, -0.25) is 0 Å². The van der Waals surface area contributed by atoms with E-state index in [2.05, 4.69) is 20.8 Å². The van der Waals surface area contributed by atoms with Crippen molar-refractivity contribution in [2.75, 3.05) is 0 Å². The first kappa shape index (κ1) is 10.1. The molecule has 0 amide bonds. The van der Waals surface area contributed by atoms with E-state index in [1.807, 2.05) is 0 Å². The SMILES string of the molecule is CC(C)(C)CC12CC3CC(C1)OC(C3)C2. The van der Waals surface area contributed by atoms with Crippen LogP contribution >= 0.6 is 0 Å². The van der Waals surface area contributed by atoms with Crippen LogP contribution in [0.25, 0.3) is 0 Å². The molecule has 2 aliphatic carbocycles. The average molecular weight is 208 g/mol. The quantitative estimate of drug-likeness (QED) is 0.637. The molecule has 15 heavy (non-hydrogen) atoms. The second kappa shape index (κ2) is 3.00. The summed E-state index contributed by atoms with van der Waals surface area (Å²) in [5.74, 6) is 0.999. The highest BCUT2D eigenvalue weighted by molar-refractivity contribution is 5.02. The number of hydrogen-bond donors (Lipinski definition) is 0. The average Bonchev–Trinajstić information content (AvgIpc) is 1.94. The first-order valence-electron chi connectivity index (χ1n) is 6.60. The van der Waals surface area contributed by atoms with Crippen molar-refractivity contribution in [2.45, 2.75) is 71.5 Å². The summed E-state index contributed by atoms with van der Waals surface area (Å²) >= 11 is 0. The van der Waals surface area contributed by atoms with E-state index in [0.717, 1.165) is 5.92 Å². The zero-order chi connectivity index (χ0) is 10.7. The molecule has 0 aromatic rings. The van der Waals surface area contributed by atoms with Gasteiger partial charge in [0.1, 0.15) is 0 Å². The van der Waals surface area contributed by atoms with Crippen LogP contribution in [-0.4, -0.2) is 12.2 Å². The highest BCUT2D eigenvalue weighted by Crippen LogP contribution is 2.58. The Labute approximate surface area is 93.6 Å². The molecule has 0 aromatic heterocycles. The summed E-state index contributed by atoms with van der Waals surface area (Å²) < 4.78 is 6.06. The van der Waals surface area contributed by atoms with Crippen molar-refractivity contribution < 1.29 is 4.74 Å². The van der Waals surface area contributed by atoms with E-state index in [-0.39, 0.29) is 0 Å². The fourth-order valence-electron chi connectivity index (χ4n) is 4.82. The Morgan fingerprint density at radius 1 is 1.07 bits per heavy atom. The van der Waals surface area contributed by atoms with E-state index in [9.17, 15) is 0 Å². The maximum absolute atomic E-state index is 6.06. The lowest BCUT2D eigenvalue weighted by atomic mass is 9.54. The molecular weight excluding hydrogens is 184 g/mol. The molecule has 0 N–H and O–H groups in total. The third-order valence-corrected chi connectivity index (χ3v) is 4.53. The zero-order valence-corrected chi connectivity index (χ0v) is 10.4. The van der Waals surface area contributed by atoms with Crippen LogP contribution in [0, 0.1) is 16.7 Å². The first-order chi connectivity index (χ1) is 6.94. The Balaban J connectivity index is 1.81. The summed E-state index contributed by atoms with van der Waals surface area (Å²) in [5.41, 5.74) is 1.15. The molecule has 2 atom stereocenters. The number of ether oxygens (including phenoxy) is 1. The molecule has 4 bridgehead atoms. The van der Waals surface area contributed by atoms with Gasteiger partial charge in [-0.25, -0.2) is 0 Å². The Morgan fingerprint density at radius 3 is 2.13 bits per heavy atom. The van der Waals surface area contributed by atoms with Gasteiger partial charge in [0.15, 0.2) is 0 Å². The fourth-order valence-corrected chi connectivity index (χ4v) is 4.82. The number of hydrogen-bond acceptors (Lipinski definition) is 1. The van der Waals surface area contributed by atoms with Gasteiger partial charge in [0, 0.05) is 0 Å². The van der Waals surface area contributed by atoms with Crippen molar-refractivity contribution >= 4 is 0 Å². The van der Waals surface area contributed by atoms with E-state index < -0.39 is 0 Å². The Bertz CT molecular complexity index is 226. The third kappa shape index (κ3) is 1.84. The van der Waals surface area contributed by atoms with E-state index in [4.69, 9.17) is 4.74 Å². The van der Waals surface area contributed by atoms with E-state index in [0.29, 0.717) is 23.0 Å². The molecule has 2 saturated carbocycles. The summed E-state index contributed by atoms with van der Waals surface area (Å²) in [4.78, 5) is 0. The van der Waals surface area contributed by atoms with Gasteiger partial charge in [0.2, 0.25) is 0 Å². The van der Waals surface area contributed by atoms with Gasteiger partial charge in [-0.2, -0.15) is 0 Å². The molecule has 0 radical (unpaired) electrons. The molecule has 4 rings (SSSR count). The molecular formula is C14H24O. The molecule has 4 aliphatic rings. The lowest BCUT2D eigenvalue weighted by Crippen LogP contribution is -2.53. The van der Waals surface area contributed by atoms with Crippen molar-refractivity contribution in [1.29, 1.82) is 0 Å². The van der Waals surface area contributed by atoms with Crippen LogP contribution in [0.2, 0.25) is 0 Å². The zero-order valence-electron chi connectivity index (χ0n) is 10.4. The second-order valence-electron chi connectivity index (χ2n) is 7.57. The van der Waals surface area contributed by atoms with Gasteiger partial charge < -0.3 is 4.74 Å². The molecule has 0 aromatic carbocycles. The van der Waals surface area contributed by atoms with Crippen LogP contribution in [0.1, 0.15) is 59.3 Å². The highest BCUT2D eigenvalue weighted by atomic mass is 16.5. The van der Waals surface area contributed by atoms with Crippen molar-refractivity contribution in [3.63, 3.8) is 0 Å². The van der Waals surface area contributed by atoms with E-state index in [1.165, 1.54) is 38.5 Å². The molecule has 86 valence electrons. The molecule has 2 aliphatic heterocycles. The third-order valence-electron chi connectivity index (χ3n) is 4.53. The molecule has 1 nitrogen and oxygen atoms in total. The predicted octanol–water partition coefficient (Wildman–Crippen LogP) is 3.77. The molecule has 4 fully saturated rings. The monoisotopic (exact) mass is 208 g/mol. The largest absolute Gasteiger partial charge is 0.375 e. The van der Waals surface area contributed by atoms with Crippen LogP contribution in [0.15, 0.2) is 0 Å². The summed E-state index contributed by atoms with van der Waals surface area (Å²) in [6, 6.07) is 0.